The number of rotatable bonds is 5. The van der Waals surface area contributed by atoms with Gasteiger partial charge in [-0.15, -0.1) is 11.3 Å². The first-order valence-electron chi connectivity index (χ1n) is 10.6. The Morgan fingerprint density at radius 1 is 1.29 bits per heavy atom. The van der Waals surface area contributed by atoms with Gasteiger partial charge in [0.2, 0.25) is 0 Å². The minimum Gasteiger partial charge on any atom is -0.381 e. The van der Waals surface area contributed by atoms with Crippen molar-refractivity contribution in [3.63, 3.8) is 0 Å². The molecule has 152 valence electrons. The summed E-state index contributed by atoms with van der Waals surface area (Å²) in [5, 5.41) is 1.75. The maximum Gasteiger partial charge on any atom is 0.263 e. The Morgan fingerprint density at radius 2 is 2.21 bits per heavy atom. The normalized spacial score (nSPS) is 27.5. The van der Waals surface area contributed by atoms with Crippen molar-refractivity contribution in [3.05, 3.63) is 20.8 Å². The lowest BCUT2D eigenvalue weighted by Gasteiger charge is -2.18. The van der Waals surface area contributed by atoms with Gasteiger partial charge in [-0.25, -0.2) is 4.98 Å². The van der Waals surface area contributed by atoms with Gasteiger partial charge in [0.15, 0.2) is 5.16 Å². The zero-order valence-corrected chi connectivity index (χ0v) is 18.1. The van der Waals surface area contributed by atoms with Crippen LogP contribution in [0, 0.1) is 11.8 Å². The van der Waals surface area contributed by atoms with Crippen LogP contribution < -0.4 is 5.56 Å². The molecule has 0 bridgehead atoms. The molecule has 4 heterocycles. The van der Waals surface area contributed by atoms with E-state index >= 15 is 0 Å². The van der Waals surface area contributed by atoms with E-state index in [9.17, 15) is 4.79 Å². The van der Waals surface area contributed by atoms with E-state index in [1.807, 2.05) is 4.57 Å². The predicted molar refractivity (Wildman–Crippen MR) is 114 cm³/mol. The van der Waals surface area contributed by atoms with Crippen LogP contribution >= 0.6 is 23.1 Å². The number of fused-ring (bicyclic) bond motifs is 3. The first-order valence-corrected chi connectivity index (χ1v) is 12.4. The fraction of sp³-hybridized carbons (Fsp3) is 0.714. The fourth-order valence-corrected chi connectivity index (χ4v) is 7.12. The van der Waals surface area contributed by atoms with E-state index in [1.165, 1.54) is 16.9 Å². The molecule has 3 atom stereocenters. The van der Waals surface area contributed by atoms with Gasteiger partial charge < -0.3 is 9.47 Å². The monoisotopic (exact) mass is 420 g/mol. The lowest BCUT2D eigenvalue weighted by Crippen LogP contribution is -2.29. The molecule has 28 heavy (non-hydrogen) atoms. The number of hydrogen-bond acceptors (Lipinski definition) is 6. The second-order valence-corrected chi connectivity index (χ2v) is 10.6. The predicted octanol–water partition coefficient (Wildman–Crippen LogP) is 3.89. The van der Waals surface area contributed by atoms with Crippen LogP contribution in [-0.2, 0) is 28.9 Å². The molecule has 0 N–H and O–H groups in total. The van der Waals surface area contributed by atoms with Crippen LogP contribution in [0.2, 0.25) is 0 Å². The van der Waals surface area contributed by atoms with Crippen molar-refractivity contribution in [2.75, 3.05) is 25.6 Å². The van der Waals surface area contributed by atoms with E-state index in [1.54, 1.807) is 23.1 Å². The Hall–Kier alpha value is -0.890. The molecule has 0 aromatic carbocycles. The number of thiophene rings is 1. The summed E-state index contributed by atoms with van der Waals surface area (Å²) in [5.74, 6) is 2.23. The Morgan fingerprint density at radius 3 is 3.00 bits per heavy atom. The summed E-state index contributed by atoms with van der Waals surface area (Å²) < 4.78 is 13.3. The van der Waals surface area contributed by atoms with Gasteiger partial charge in [0.05, 0.1) is 24.6 Å². The van der Waals surface area contributed by atoms with Gasteiger partial charge in [-0.1, -0.05) is 18.7 Å². The summed E-state index contributed by atoms with van der Waals surface area (Å²) in [7, 11) is 0. The molecule has 0 spiro atoms. The van der Waals surface area contributed by atoms with Crippen LogP contribution in [0.1, 0.15) is 43.0 Å². The van der Waals surface area contributed by atoms with E-state index < -0.39 is 0 Å². The first-order chi connectivity index (χ1) is 13.7. The molecule has 0 unspecified atom stereocenters. The van der Waals surface area contributed by atoms with Crippen molar-refractivity contribution in [1.29, 1.82) is 0 Å². The Bertz CT molecular complexity index is 910. The van der Waals surface area contributed by atoms with Crippen molar-refractivity contribution in [3.8, 4) is 0 Å². The number of aromatic nitrogens is 2. The molecular formula is C21H28N2O3S2. The highest BCUT2D eigenvalue weighted by atomic mass is 32.2. The van der Waals surface area contributed by atoms with Gasteiger partial charge in [-0.3, -0.25) is 9.36 Å². The van der Waals surface area contributed by atoms with E-state index in [0.29, 0.717) is 18.4 Å². The number of hydrogen-bond donors (Lipinski definition) is 0. The summed E-state index contributed by atoms with van der Waals surface area (Å²) in [6.45, 7) is 5.43. The molecule has 2 aromatic rings. The summed E-state index contributed by atoms with van der Waals surface area (Å²) >= 11 is 3.47. The molecule has 2 aliphatic heterocycles. The highest BCUT2D eigenvalue weighted by Crippen LogP contribution is 2.37. The summed E-state index contributed by atoms with van der Waals surface area (Å²) in [6, 6.07) is 0. The number of nitrogens with zero attached hydrogens (tertiary/aromatic N) is 2. The molecular weight excluding hydrogens is 392 g/mol. The van der Waals surface area contributed by atoms with Gasteiger partial charge in [0, 0.05) is 23.8 Å². The largest absolute Gasteiger partial charge is 0.381 e. The second-order valence-electron chi connectivity index (χ2n) is 8.52. The fourth-order valence-electron chi connectivity index (χ4n) is 4.58. The Balaban J connectivity index is 1.53. The number of aryl methyl sites for hydroxylation is 1. The molecule has 3 aliphatic rings. The van der Waals surface area contributed by atoms with Gasteiger partial charge in [0.1, 0.15) is 4.83 Å². The molecule has 0 amide bonds. The maximum atomic E-state index is 13.6. The molecule has 5 rings (SSSR count). The molecule has 5 nitrogen and oxygen atoms in total. The topological polar surface area (TPSA) is 53.4 Å². The SMILES string of the molecule is C[C@@H]1CCc2c(sc3nc(SC[C@H]4CCOC4)n(C[C@@H]4CCCO4)c(=O)c23)C1. The highest BCUT2D eigenvalue weighted by Gasteiger charge is 2.27. The molecule has 2 aromatic heterocycles. The van der Waals surface area contributed by atoms with Crippen LogP contribution in [0.25, 0.3) is 10.2 Å². The van der Waals surface area contributed by atoms with Crippen molar-refractivity contribution < 1.29 is 9.47 Å². The minimum atomic E-state index is 0.139. The Kier molecular flexibility index (Phi) is 5.52. The average molecular weight is 421 g/mol. The van der Waals surface area contributed by atoms with Crippen molar-refractivity contribution >= 4 is 33.3 Å². The third-order valence-electron chi connectivity index (χ3n) is 6.26. The van der Waals surface area contributed by atoms with E-state index in [-0.39, 0.29) is 11.7 Å². The van der Waals surface area contributed by atoms with Crippen molar-refractivity contribution in [1.82, 2.24) is 9.55 Å². The van der Waals surface area contributed by atoms with Crippen LogP contribution in [0.15, 0.2) is 9.95 Å². The van der Waals surface area contributed by atoms with Crippen LogP contribution in [-0.4, -0.2) is 41.2 Å². The van der Waals surface area contributed by atoms with E-state index in [4.69, 9.17) is 14.5 Å². The molecule has 2 fully saturated rings. The minimum absolute atomic E-state index is 0.139. The molecule has 2 saturated heterocycles. The van der Waals surface area contributed by atoms with Gasteiger partial charge >= 0.3 is 0 Å². The smallest absolute Gasteiger partial charge is 0.263 e. The molecule has 0 radical (unpaired) electrons. The van der Waals surface area contributed by atoms with Gasteiger partial charge in [-0.2, -0.15) is 0 Å². The zero-order chi connectivity index (χ0) is 19.1. The third kappa shape index (κ3) is 3.66. The number of thioether (sulfide) groups is 1. The van der Waals surface area contributed by atoms with Gasteiger partial charge in [-0.05, 0) is 55.9 Å². The lowest BCUT2D eigenvalue weighted by molar-refractivity contribution is 0.0937. The summed E-state index contributed by atoms with van der Waals surface area (Å²) in [6.07, 6.45) is 6.63. The highest BCUT2D eigenvalue weighted by molar-refractivity contribution is 7.99. The van der Waals surface area contributed by atoms with Crippen molar-refractivity contribution in [2.24, 2.45) is 11.8 Å². The third-order valence-corrected chi connectivity index (χ3v) is 8.62. The Labute approximate surface area is 173 Å². The quantitative estimate of drug-likeness (QED) is 0.543. The summed E-state index contributed by atoms with van der Waals surface area (Å²) in [5.41, 5.74) is 1.43. The number of ether oxygens (including phenoxy) is 2. The zero-order valence-electron chi connectivity index (χ0n) is 16.4. The van der Waals surface area contributed by atoms with E-state index in [2.05, 4.69) is 6.92 Å². The molecule has 0 saturated carbocycles. The maximum absolute atomic E-state index is 13.6. The first kappa shape index (κ1) is 19.1. The second kappa shape index (κ2) is 8.09. The van der Waals surface area contributed by atoms with Crippen molar-refractivity contribution in [2.45, 2.75) is 63.3 Å². The van der Waals surface area contributed by atoms with Crippen LogP contribution in [0.3, 0.4) is 0 Å². The molecule has 1 aliphatic carbocycles. The van der Waals surface area contributed by atoms with Gasteiger partial charge in [0.25, 0.3) is 5.56 Å². The lowest BCUT2D eigenvalue weighted by atomic mass is 9.89. The van der Waals surface area contributed by atoms with Crippen LogP contribution in [0.5, 0.6) is 0 Å². The standard InChI is InChI=1S/C21H28N2O3S2/c1-13-4-5-16-17(9-13)28-19-18(16)20(24)23(10-15-3-2-7-26-15)21(22-19)27-12-14-6-8-25-11-14/h13-15H,2-12H2,1H3/t13-,14+,15+/m1/s1. The summed E-state index contributed by atoms with van der Waals surface area (Å²) in [4.78, 5) is 20.9. The molecule has 7 heteroatoms. The van der Waals surface area contributed by atoms with Crippen LogP contribution in [0.4, 0.5) is 0 Å². The average Bonchev–Trinajstić information content (AvgIpc) is 3.42. The van der Waals surface area contributed by atoms with E-state index in [0.717, 1.165) is 73.1 Å².